The number of para-hydroxylation sites is 1. The van der Waals surface area contributed by atoms with Crippen molar-refractivity contribution < 1.29 is 14.3 Å². The molecular weight excluding hydrogens is 316 g/mol. The van der Waals surface area contributed by atoms with Gasteiger partial charge >= 0.3 is 0 Å². The summed E-state index contributed by atoms with van der Waals surface area (Å²) in [6, 6.07) is 13.1. The van der Waals surface area contributed by atoms with E-state index in [2.05, 4.69) is 5.32 Å². The number of hydrogen-bond donors (Lipinski definition) is 1. The summed E-state index contributed by atoms with van der Waals surface area (Å²) >= 11 is 0. The van der Waals surface area contributed by atoms with E-state index in [4.69, 9.17) is 4.74 Å². The molecule has 5 heteroatoms. The maximum Gasteiger partial charge on any atom is 0.229 e. The predicted molar refractivity (Wildman–Crippen MR) is 98.0 cm³/mol. The zero-order valence-electron chi connectivity index (χ0n) is 14.7. The largest absolute Gasteiger partial charge is 0.497 e. The Hall–Kier alpha value is -2.82. The molecule has 0 aromatic heterocycles. The molecule has 1 N–H and O–H groups in total. The fourth-order valence-electron chi connectivity index (χ4n) is 3.28. The average molecular weight is 338 g/mol. The fraction of sp³-hybridized carbons (Fsp3) is 0.300. The highest BCUT2D eigenvalue weighted by Gasteiger charge is 2.36. The number of benzene rings is 2. The van der Waals surface area contributed by atoms with Crippen molar-refractivity contribution in [3.63, 3.8) is 0 Å². The minimum absolute atomic E-state index is 0.0109. The monoisotopic (exact) mass is 338 g/mol. The van der Waals surface area contributed by atoms with E-state index in [0.29, 0.717) is 18.0 Å². The number of carbonyl (C=O) groups is 2. The lowest BCUT2D eigenvalue weighted by atomic mass is 10.1. The van der Waals surface area contributed by atoms with Crippen molar-refractivity contribution in [2.75, 3.05) is 23.9 Å². The molecule has 0 radical (unpaired) electrons. The van der Waals surface area contributed by atoms with Crippen LogP contribution in [-0.2, 0) is 9.59 Å². The smallest absolute Gasteiger partial charge is 0.229 e. The number of methoxy groups -OCH3 is 1. The number of amides is 2. The summed E-state index contributed by atoms with van der Waals surface area (Å²) in [4.78, 5) is 26.8. The lowest BCUT2D eigenvalue weighted by molar-refractivity contribution is -0.122. The van der Waals surface area contributed by atoms with Gasteiger partial charge in [0.15, 0.2) is 0 Å². The van der Waals surface area contributed by atoms with Crippen molar-refractivity contribution in [1.82, 2.24) is 0 Å². The van der Waals surface area contributed by atoms with Crippen LogP contribution in [0.15, 0.2) is 42.5 Å². The van der Waals surface area contributed by atoms with Gasteiger partial charge in [-0.25, -0.2) is 0 Å². The van der Waals surface area contributed by atoms with Gasteiger partial charge in [-0.2, -0.15) is 0 Å². The van der Waals surface area contributed by atoms with Crippen molar-refractivity contribution in [3.05, 3.63) is 53.6 Å². The minimum Gasteiger partial charge on any atom is -0.497 e. The highest BCUT2D eigenvalue weighted by atomic mass is 16.5. The molecule has 1 fully saturated rings. The Kier molecular flexibility index (Phi) is 4.74. The summed E-state index contributed by atoms with van der Waals surface area (Å²) in [5.41, 5.74) is 3.68. The summed E-state index contributed by atoms with van der Waals surface area (Å²) in [5.74, 6) is 0.161. The third-order valence-corrected chi connectivity index (χ3v) is 4.54. The summed E-state index contributed by atoms with van der Waals surface area (Å²) in [6.45, 7) is 4.37. The zero-order chi connectivity index (χ0) is 18.0. The first kappa shape index (κ1) is 17.0. The van der Waals surface area contributed by atoms with Crippen molar-refractivity contribution in [1.29, 1.82) is 0 Å². The molecule has 2 aromatic carbocycles. The molecule has 1 saturated heterocycles. The van der Waals surface area contributed by atoms with E-state index in [9.17, 15) is 9.59 Å². The van der Waals surface area contributed by atoms with Crippen molar-refractivity contribution in [2.24, 2.45) is 5.92 Å². The van der Waals surface area contributed by atoms with Crippen LogP contribution in [0.3, 0.4) is 0 Å². The van der Waals surface area contributed by atoms with Crippen LogP contribution in [0.1, 0.15) is 17.5 Å². The molecule has 0 aliphatic carbocycles. The number of ether oxygens (including phenoxy) is 1. The van der Waals surface area contributed by atoms with Gasteiger partial charge in [-0.05, 0) is 37.1 Å². The highest BCUT2D eigenvalue weighted by molar-refractivity contribution is 6.04. The SMILES string of the molecule is COc1cccc(NC(=O)[C@H]2CC(=O)N(c3c(C)cccc3C)C2)c1. The Balaban J connectivity index is 1.74. The normalized spacial score (nSPS) is 16.8. The highest BCUT2D eigenvalue weighted by Crippen LogP contribution is 2.31. The lowest BCUT2D eigenvalue weighted by Gasteiger charge is -2.21. The quantitative estimate of drug-likeness (QED) is 0.930. The van der Waals surface area contributed by atoms with Crippen LogP contribution in [0.2, 0.25) is 0 Å². The van der Waals surface area contributed by atoms with E-state index in [1.165, 1.54) is 0 Å². The van der Waals surface area contributed by atoms with Crippen LogP contribution in [0, 0.1) is 19.8 Å². The Morgan fingerprint density at radius 2 is 1.84 bits per heavy atom. The second kappa shape index (κ2) is 6.97. The predicted octanol–water partition coefficient (Wildman–Crippen LogP) is 3.30. The standard InChI is InChI=1S/C20H22N2O3/c1-13-6-4-7-14(2)19(13)22-12-15(10-18(22)23)20(24)21-16-8-5-9-17(11-16)25-3/h4-9,11,15H,10,12H2,1-3H3,(H,21,24)/t15-/m0/s1. The van der Waals surface area contributed by atoms with Crippen molar-refractivity contribution in [2.45, 2.75) is 20.3 Å². The number of nitrogens with zero attached hydrogens (tertiary/aromatic N) is 1. The first-order valence-corrected chi connectivity index (χ1v) is 8.31. The maximum absolute atomic E-state index is 12.6. The van der Waals surface area contributed by atoms with Gasteiger partial charge in [0.05, 0.1) is 13.0 Å². The number of carbonyl (C=O) groups excluding carboxylic acids is 2. The molecule has 25 heavy (non-hydrogen) atoms. The lowest BCUT2D eigenvalue weighted by Crippen LogP contribution is -2.29. The maximum atomic E-state index is 12.6. The first-order chi connectivity index (χ1) is 12.0. The Labute approximate surface area is 147 Å². The zero-order valence-corrected chi connectivity index (χ0v) is 14.7. The number of hydrogen-bond acceptors (Lipinski definition) is 3. The van der Waals surface area contributed by atoms with Crippen molar-refractivity contribution in [3.8, 4) is 5.75 Å². The van der Waals surface area contributed by atoms with Gasteiger partial charge in [0.25, 0.3) is 0 Å². The molecule has 2 aromatic rings. The third-order valence-electron chi connectivity index (χ3n) is 4.54. The van der Waals surface area contributed by atoms with Gasteiger partial charge in [0.2, 0.25) is 11.8 Å². The van der Waals surface area contributed by atoms with Gasteiger partial charge in [-0.3, -0.25) is 9.59 Å². The average Bonchev–Trinajstić information content (AvgIpc) is 2.97. The first-order valence-electron chi connectivity index (χ1n) is 8.31. The topological polar surface area (TPSA) is 58.6 Å². The van der Waals surface area contributed by atoms with Crippen LogP contribution >= 0.6 is 0 Å². The molecule has 130 valence electrons. The van der Waals surface area contributed by atoms with E-state index in [1.807, 2.05) is 44.2 Å². The van der Waals surface area contributed by atoms with E-state index < -0.39 is 0 Å². The molecule has 1 aliphatic heterocycles. The van der Waals surface area contributed by atoms with Crippen LogP contribution in [0.4, 0.5) is 11.4 Å². The molecule has 1 aliphatic rings. The van der Waals surface area contributed by atoms with Crippen LogP contribution in [-0.4, -0.2) is 25.5 Å². The molecule has 0 spiro atoms. The summed E-state index contributed by atoms with van der Waals surface area (Å²) in [6.07, 6.45) is 0.226. The number of aryl methyl sites for hydroxylation is 2. The number of nitrogens with one attached hydrogen (secondary N) is 1. The van der Waals surface area contributed by atoms with Gasteiger partial charge < -0.3 is 15.0 Å². The summed E-state index contributed by atoms with van der Waals surface area (Å²) in [5, 5.41) is 2.88. The molecule has 3 rings (SSSR count). The van der Waals surface area contributed by atoms with E-state index in [1.54, 1.807) is 24.1 Å². The van der Waals surface area contributed by atoms with Gasteiger partial charge in [-0.15, -0.1) is 0 Å². The Morgan fingerprint density at radius 1 is 1.16 bits per heavy atom. The molecular formula is C20H22N2O3. The second-order valence-electron chi connectivity index (χ2n) is 6.37. The molecule has 1 heterocycles. The van der Waals surface area contributed by atoms with Crippen LogP contribution in [0.25, 0.3) is 0 Å². The Morgan fingerprint density at radius 3 is 2.52 bits per heavy atom. The molecule has 2 amide bonds. The Bertz CT molecular complexity index is 796. The second-order valence-corrected chi connectivity index (χ2v) is 6.37. The van der Waals surface area contributed by atoms with E-state index >= 15 is 0 Å². The van der Waals surface area contributed by atoms with E-state index in [0.717, 1.165) is 16.8 Å². The summed E-state index contributed by atoms with van der Waals surface area (Å²) in [7, 11) is 1.58. The van der Waals surface area contributed by atoms with Gasteiger partial charge in [0.1, 0.15) is 5.75 Å². The molecule has 0 saturated carbocycles. The minimum atomic E-state index is -0.363. The van der Waals surface area contributed by atoms with Gasteiger partial charge in [-0.1, -0.05) is 24.3 Å². The van der Waals surface area contributed by atoms with Crippen LogP contribution < -0.4 is 15.0 Å². The molecule has 1 atom stereocenters. The number of rotatable bonds is 4. The number of anilines is 2. The van der Waals surface area contributed by atoms with Crippen molar-refractivity contribution >= 4 is 23.2 Å². The summed E-state index contributed by atoms with van der Waals surface area (Å²) < 4.78 is 5.17. The van der Waals surface area contributed by atoms with Gasteiger partial charge in [0, 0.05) is 30.4 Å². The van der Waals surface area contributed by atoms with Crippen LogP contribution in [0.5, 0.6) is 5.75 Å². The molecule has 0 bridgehead atoms. The molecule has 0 unspecified atom stereocenters. The fourth-order valence-corrected chi connectivity index (χ4v) is 3.28. The molecule has 5 nitrogen and oxygen atoms in total. The van der Waals surface area contributed by atoms with E-state index in [-0.39, 0.29) is 24.2 Å². The third kappa shape index (κ3) is 3.50.